The number of hydrogen-bond donors (Lipinski definition) is 2. The van der Waals surface area contributed by atoms with Gasteiger partial charge in [0.15, 0.2) is 0 Å². The molecule has 0 fully saturated rings. The summed E-state index contributed by atoms with van der Waals surface area (Å²) in [4.78, 5) is 23.8. The number of benzene rings is 2. The fourth-order valence-electron chi connectivity index (χ4n) is 2.29. The van der Waals surface area contributed by atoms with E-state index in [-0.39, 0.29) is 11.8 Å². The van der Waals surface area contributed by atoms with Crippen molar-refractivity contribution in [1.82, 2.24) is 10.6 Å². The maximum Gasteiger partial charge on any atom is 0.252 e. The second kappa shape index (κ2) is 10.8. The molecule has 0 aromatic heterocycles. The fourth-order valence-corrected chi connectivity index (χ4v) is 2.67. The summed E-state index contributed by atoms with van der Waals surface area (Å²) in [5, 5.41) is 6.21. The second-order valence-electron chi connectivity index (χ2n) is 6.00. The van der Waals surface area contributed by atoms with Crippen LogP contribution in [-0.4, -0.2) is 31.5 Å². The van der Waals surface area contributed by atoms with Crippen LogP contribution in [0, 0.1) is 6.92 Å². The Kier molecular flexibility index (Phi) is 8.43. The molecular weight excluding hydrogens is 387 g/mol. The lowest BCUT2D eigenvalue weighted by molar-refractivity contribution is -0.121. The van der Waals surface area contributed by atoms with Gasteiger partial charge in [0.2, 0.25) is 5.91 Å². The Morgan fingerprint density at radius 2 is 1.70 bits per heavy atom. The van der Waals surface area contributed by atoms with Gasteiger partial charge in [-0.3, -0.25) is 9.59 Å². The van der Waals surface area contributed by atoms with Gasteiger partial charge in [-0.25, -0.2) is 0 Å². The van der Waals surface area contributed by atoms with Crippen LogP contribution in [0.5, 0.6) is 5.75 Å². The Balaban J connectivity index is 1.58. The average molecular weight is 409 g/mol. The Labute approximate surface area is 169 Å². The minimum Gasteiger partial charge on any atom is -0.494 e. The van der Waals surface area contributed by atoms with Crippen molar-refractivity contribution in [2.24, 2.45) is 0 Å². The first-order chi connectivity index (χ1) is 13.0. The predicted molar refractivity (Wildman–Crippen MR) is 108 cm³/mol. The van der Waals surface area contributed by atoms with Gasteiger partial charge in [0, 0.05) is 24.5 Å². The molecule has 2 aromatic carbocycles. The Morgan fingerprint density at radius 3 is 2.44 bits per heavy atom. The number of nitrogens with one attached hydrogen (secondary N) is 2. The smallest absolute Gasteiger partial charge is 0.252 e. The summed E-state index contributed by atoms with van der Waals surface area (Å²) in [5.74, 6) is 0.379. The maximum atomic E-state index is 12.0. The quantitative estimate of drug-likeness (QED) is 0.615. The van der Waals surface area contributed by atoms with Gasteiger partial charge < -0.3 is 15.4 Å². The highest BCUT2D eigenvalue weighted by Crippen LogP contribution is 2.20. The molecule has 27 heavy (non-hydrogen) atoms. The lowest BCUT2D eigenvalue weighted by Gasteiger charge is -2.09. The number of carbonyl (C=O) groups excluding carboxylic acids is 2. The molecule has 0 spiro atoms. The number of rotatable bonds is 9. The molecule has 0 heterocycles. The molecule has 0 saturated carbocycles. The van der Waals surface area contributed by atoms with Gasteiger partial charge in [-0.2, -0.15) is 0 Å². The van der Waals surface area contributed by atoms with Crippen molar-refractivity contribution in [1.29, 1.82) is 0 Å². The molecule has 2 rings (SSSR count). The number of amides is 2. The number of halogens is 2. The highest BCUT2D eigenvalue weighted by atomic mass is 35.5. The van der Waals surface area contributed by atoms with Crippen molar-refractivity contribution in [3.8, 4) is 5.75 Å². The van der Waals surface area contributed by atoms with Gasteiger partial charge in [-0.1, -0.05) is 40.9 Å². The van der Waals surface area contributed by atoms with E-state index in [0.717, 1.165) is 5.75 Å². The normalized spacial score (nSPS) is 10.3. The number of ether oxygens (including phenoxy) is 1. The summed E-state index contributed by atoms with van der Waals surface area (Å²) in [6, 6.07) is 12.5. The van der Waals surface area contributed by atoms with E-state index in [9.17, 15) is 9.59 Å². The lowest BCUT2D eigenvalue weighted by atomic mass is 10.2. The van der Waals surface area contributed by atoms with Crippen LogP contribution < -0.4 is 15.4 Å². The summed E-state index contributed by atoms with van der Waals surface area (Å²) in [6.45, 7) is 3.12. The summed E-state index contributed by atoms with van der Waals surface area (Å²) in [6.07, 6.45) is 0.976. The van der Waals surface area contributed by atoms with Gasteiger partial charge in [0.25, 0.3) is 5.91 Å². The molecule has 0 atom stereocenters. The van der Waals surface area contributed by atoms with Gasteiger partial charge in [-0.15, -0.1) is 0 Å². The van der Waals surface area contributed by atoms with E-state index in [1.165, 1.54) is 11.6 Å². The van der Waals surface area contributed by atoms with Crippen LogP contribution in [0.15, 0.2) is 42.5 Å². The Hall–Kier alpha value is -2.24. The summed E-state index contributed by atoms with van der Waals surface area (Å²) in [5.41, 5.74) is 1.48. The zero-order valence-corrected chi connectivity index (χ0v) is 16.6. The molecular formula is C20H22Cl2N2O3. The predicted octanol–water partition coefficient (Wildman–Crippen LogP) is 4.01. The topological polar surface area (TPSA) is 67.4 Å². The number of aryl methyl sites for hydroxylation is 1. The molecule has 5 nitrogen and oxygen atoms in total. The van der Waals surface area contributed by atoms with Crippen LogP contribution in [0.4, 0.5) is 0 Å². The van der Waals surface area contributed by atoms with Gasteiger partial charge in [-0.05, 0) is 43.7 Å². The van der Waals surface area contributed by atoms with Gasteiger partial charge >= 0.3 is 0 Å². The monoisotopic (exact) mass is 408 g/mol. The van der Waals surface area contributed by atoms with Crippen LogP contribution in [0.2, 0.25) is 10.0 Å². The summed E-state index contributed by atoms with van der Waals surface area (Å²) >= 11 is 11.8. The first-order valence-corrected chi connectivity index (χ1v) is 9.41. The highest BCUT2D eigenvalue weighted by Gasteiger charge is 2.10. The van der Waals surface area contributed by atoms with Crippen molar-refractivity contribution in [2.75, 3.05) is 19.7 Å². The molecule has 0 radical (unpaired) electrons. The van der Waals surface area contributed by atoms with E-state index in [1.54, 1.807) is 12.1 Å². The molecule has 0 aliphatic rings. The summed E-state index contributed by atoms with van der Waals surface area (Å²) in [7, 11) is 0. The number of carbonyl (C=O) groups is 2. The van der Waals surface area contributed by atoms with E-state index in [0.29, 0.717) is 48.1 Å². The van der Waals surface area contributed by atoms with Crippen LogP contribution in [0.1, 0.15) is 28.8 Å². The SMILES string of the molecule is Cc1ccc(OCCCC(=O)NCCNC(=O)c2cc(Cl)ccc2Cl)cc1. The first kappa shape index (κ1) is 21.1. The molecule has 144 valence electrons. The van der Waals surface area contributed by atoms with Crippen LogP contribution in [-0.2, 0) is 4.79 Å². The van der Waals surface area contributed by atoms with Crippen molar-refractivity contribution in [2.45, 2.75) is 19.8 Å². The fraction of sp³-hybridized carbons (Fsp3) is 0.300. The van der Waals surface area contributed by atoms with Crippen molar-refractivity contribution >= 4 is 35.0 Å². The Bertz CT molecular complexity index is 779. The van der Waals surface area contributed by atoms with E-state index in [4.69, 9.17) is 27.9 Å². The minimum atomic E-state index is -0.330. The summed E-state index contributed by atoms with van der Waals surface area (Å²) < 4.78 is 5.58. The molecule has 0 aliphatic carbocycles. The van der Waals surface area contributed by atoms with E-state index in [2.05, 4.69) is 10.6 Å². The number of hydrogen-bond acceptors (Lipinski definition) is 3. The highest BCUT2D eigenvalue weighted by molar-refractivity contribution is 6.35. The minimum absolute atomic E-state index is 0.0856. The molecule has 0 aliphatic heterocycles. The molecule has 0 saturated heterocycles. The van der Waals surface area contributed by atoms with E-state index in [1.807, 2.05) is 31.2 Å². The Morgan fingerprint density at radius 1 is 1.00 bits per heavy atom. The maximum absolute atomic E-state index is 12.0. The van der Waals surface area contributed by atoms with Crippen molar-refractivity contribution in [3.63, 3.8) is 0 Å². The molecule has 2 aromatic rings. The van der Waals surface area contributed by atoms with Crippen LogP contribution in [0.3, 0.4) is 0 Å². The van der Waals surface area contributed by atoms with Gasteiger partial charge in [0.1, 0.15) is 5.75 Å². The van der Waals surface area contributed by atoms with E-state index >= 15 is 0 Å². The van der Waals surface area contributed by atoms with Crippen molar-refractivity contribution < 1.29 is 14.3 Å². The van der Waals surface area contributed by atoms with Gasteiger partial charge in [0.05, 0.1) is 17.2 Å². The third-order valence-electron chi connectivity index (χ3n) is 3.74. The molecule has 2 N–H and O–H groups in total. The molecule has 0 unspecified atom stereocenters. The molecule has 2 amide bonds. The first-order valence-electron chi connectivity index (χ1n) is 8.65. The third kappa shape index (κ3) is 7.49. The second-order valence-corrected chi connectivity index (χ2v) is 6.84. The standard InChI is InChI=1S/C20H22Cl2N2O3/c1-14-4-7-16(8-5-14)27-12-2-3-19(25)23-10-11-24-20(26)17-13-15(21)6-9-18(17)22/h4-9,13H,2-3,10-12H2,1H3,(H,23,25)(H,24,26). The van der Waals surface area contributed by atoms with Crippen molar-refractivity contribution in [3.05, 3.63) is 63.6 Å². The van der Waals surface area contributed by atoms with Crippen LogP contribution >= 0.6 is 23.2 Å². The largest absolute Gasteiger partial charge is 0.494 e. The van der Waals surface area contributed by atoms with E-state index < -0.39 is 0 Å². The lowest BCUT2D eigenvalue weighted by Crippen LogP contribution is -2.34. The molecule has 0 bridgehead atoms. The molecule has 7 heteroatoms. The third-order valence-corrected chi connectivity index (χ3v) is 4.31. The zero-order chi connectivity index (χ0) is 19.6. The zero-order valence-electron chi connectivity index (χ0n) is 15.1. The average Bonchev–Trinajstić information content (AvgIpc) is 2.65. The van der Waals surface area contributed by atoms with Crippen LogP contribution in [0.25, 0.3) is 0 Å².